The molecular weight excluding hydrogens is 381 g/mol. The number of aromatic nitrogens is 3. The summed E-state index contributed by atoms with van der Waals surface area (Å²) in [5, 5.41) is 15.8. The molecule has 1 aliphatic heterocycles. The average Bonchev–Trinajstić information content (AvgIpc) is 3.22. The first kappa shape index (κ1) is 20.0. The van der Waals surface area contributed by atoms with E-state index in [4.69, 9.17) is 0 Å². The molecular formula is C16H21Cl2N5OS. The zero-order valence-corrected chi connectivity index (χ0v) is 16.0. The molecule has 0 spiro atoms. The van der Waals surface area contributed by atoms with Gasteiger partial charge in [0.1, 0.15) is 5.69 Å². The van der Waals surface area contributed by atoms with Crippen LogP contribution in [0.3, 0.4) is 0 Å². The number of anilines is 1. The van der Waals surface area contributed by atoms with Crippen LogP contribution in [0.15, 0.2) is 24.4 Å². The minimum absolute atomic E-state index is 0. The Labute approximate surface area is 163 Å². The number of rotatable bonds is 3. The molecule has 4 rings (SSSR count). The van der Waals surface area contributed by atoms with Gasteiger partial charge in [-0.05, 0) is 37.3 Å². The van der Waals surface area contributed by atoms with Crippen LogP contribution in [0.4, 0.5) is 5.13 Å². The first-order valence-electron chi connectivity index (χ1n) is 8.11. The van der Waals surface area contributed by atoms with Gasteiger partial charge in [-0.1, -0.05) is 30.2 Å². The number of hydrogen-bond acceptors (Lipinski definition) is 6. The van der Waals surface area contributed by atoms with Gasteiger partial charge in [-0.2, -0.15) is 0 Å². The highest BCUT2D eigenvalue weighted by molar-refractivity contribution is 7.18. The fourth-order valence-corrected chi connectivity index (χ4v) is 4.30. The summed E-state index contributed by atoms with van der Waals surface area (Å²) >= 11 is 1.35. The van der Waals surface area contributed by atoms with Gasteiger partial charge in [0.05, 0.1) is 6.04 Å². The standard InChI is InChI=1S/C16H19N5OS.2ClH/c22-14(13-9-10-5-1-2-6-11(10)18-13)19-16-21-20-15(23-16)12-7-3-4-8-17-12;;/h3-4,7-8,10-11,13,18H,1-2,5-6,9H2,(H,19,21,22);2*1H. The number of nitrogens with one attached hydrogen (secondary N) is 2. The summed E-state index contributed by atoms with van der Waals surface area (Å²) in [5.74, 6) is 0.654. The highest BCUT2D eigenvalue weighted by atomic mass is 35.5. The lowest BCUT2D eigenvalue weighted by atomic mass is 9.85. The van der Waals surface area contributed by atoms with E-state index in [0.29, 0.717) is 22.1 Å². The van der Waals surface area contributed by atoms with E-state index in [0.717, 1.165) is 12.1 Å². The van der Waals surface area contributed by atoms with Crippen molar-refractivity contribution in [3.05, 3.63) is 24.4 Å². The molecule has 1 saturated carbocycles. The fourth-order valence-electron chi connectivity index (χ4n) is 3.58. The third-order valence-corrected chi connectivity index (χ3v) is 5.58. The largest absolute Gasteiger partial charge is 0.303 e. The molecule has 3 unspecified atom stereocenters. The van der Waals surface area contributed by atoms with Gasteiger partial charge in [0.25, 0.3) is 0 Å². The summed E-state index contributed by atoms with van der Waals surface area (Å²) in [5.41, 5.74) is 0.774. The van der Waals surface area contributed by atoms with E-state index in [1.54, 1.807) is 6.20 Å². The van der Waals surface area contributed by atoms with E-state index in [2.05, 4.69) is 25.8 Å². The van der Waals surface area contributed by atoms with Crippen LogP contribution in [0.25, 0.3) is 10.7 Å². The van der Waals surface area contributed by atoms with Gasteiger partial charge in [0.15, 0.2) is 5.01 Å². The molecule has 1 amide bonds. The van der Waals surface area contributed by atoms with E-state index < -0.39 is 0 Å². The van der Waals surface area contributed by atoms with Gasteiger partial charge >= 0.3 is 0 Å². The normalized spacial score (nSPS) is 24.6. The third kappa shape index (κ3) is 4.47. The Kier molecular flexibility index (Phi) is 7.13. The van der Waals surface area contributed by atoms with Crippen molar-refractivity contribution >= 4 is 47.2 Å². The Balaban J connectivity index is 0.00000113. The SMILES string of the molecule is Cl.Cl.O=C(Nc1nnc(-c2ccccn2)s1)C1CC2CCCCC2N1. The number of halogens is 2. The summed E-state index contributed by atoms with van der Waals surface area (Å²) in [6.45, 7) is 0. The second-order valence-corrected chi connectivity index (χ2v) is 7.20. The van der Waals surface area contributed by atoms with E-state index in [9.17, 15) is 4.79 Å². The quantitative estimate of drug-likeness (QED) is 0.824. The van der Waals surface area contributed by atoms with Crippen LogP contribution in [-0.2, 0) is 4.79 Å². The Hall–Kier alpha value is -1.28. The van der Waals surface area contributed by atoms with Crippen molar-refractivity contribution in [3.63, 3.8) is 0 Å². The van der Waals surface area contributed by atoms with Crippen molar-refractivity contribution in [2.45, 2.75) is 44.2 Å². The topological polar surface area (TPSA) is 79.8 Å². The molecule has 0 bridgehead atoms. The Morgan fingerprint density at radius 2 is 2.04 bits per heavy atom. The Morgan fingerprint density at radius 1 is 1.20 bits per heavy atom. The molecule has 3 heterocycles. The summed E-state index contributed by atoms with van der Waals surface area (Å²) in [7, 11) is 0. The fraction of sp³-hybridized carbons (Fsp3) is 0.500. The predicted octanol–water partition coefficient (Wildman–Crippen LogP) is 3.30. The van der Waals surface area contributed by atoms with Crippen LogP contribution in [0.5, 0.6) is 0 Å². The van der Waals surface area contributed by atoms with Gasteiger partial charge in [-0.25, -0.2) is 0 Å². The molecule has 2 aromatic rings. The molecule has 0 aromatic carbocycles. The van der Waals surface area contributed by atoms with Crippen LogP contribution in [-0.4, -0.2) is 33.2 Å². The minimum Gasteiger partial charge on any atom is -0.303 e. The highest BCUT2D eigenvalue weighted by Gasteiger charge is 2.38. The second-order valence-electron chi connectivity index (χ2n) is 6.22. The Morgan fingerprint density at radius 3 is 2.80 bits per heavy atom. The summed E-state index contributed by atoms with van der Waals surface area (Å²) < 4.78 is 0. The molecule has 0 radical (unpaired) electrons. The maximum absolute atomic E-state index is 12.5. The lowest BCUT2D eigenvalue weighted by Gasteiger charge is -2.24. The van der Waals surface area contributed by atoms with Gasteiger partial charge in [0.2, 0.25) is 11.0 Å². The van der Waals surface area contributed by atoms with Crippen molar-refractivity contribution in [3.8, 4) is 10.7 Å². The lowest BCUT2D eigenvalue weighted by Crippen LogP contribution is -2.39. The van der Waals surface area contributed by atoms with Crippen molar-refractivity contribution in [2.75, 3.05) is 5.32 Å². The van der Waals surface area contributed by atoms with E-state index >= 15 is 0 Å². The molecule has 2 N–H and O–H groups in total. The van der Waals surface area contributed by atoms with Crippen LogP contribution in [0.1, 0.15) is 32.1 Å². The number of amides is 1. The maximum atomic E-state index is 12.5. The monoisotopic (exact) mass is 401 g/mol. The van der Waals surface area contributed by atoms with Crippen LogP contribution in [0, 0.1) is 5.92 Å². The number of carbonyl (C=O) groups excluding carboxylic acids is 1. The first-order chi connectivity index (χ1) is 11.3. The van der Waals surface area contributed by atoms with Crippen LogP contribution in [0.2, 0.25) is 0 Å². The smallest absolute Gasteiger partial charge is 0.243 e. The molecule has 1 aliphatic carbocycles. The number of carbonyl (C=O) groups is 1. The van der Waals surface area contributed by atoms with Crippen molar-refractivity contribution < 1.29 is 4.79 Å². The van der Waals surface area contributed by atoms with Crippen molar-refractivity contribution in [1.29, 1.82) is 0 Å². The molecule has 136 valence electrons. The van der Waals surface area contributed by atoms with E-state index in [-0.39, 0.29) is 36.8 Å². The zero-order valence-electron chi connectivity index (χ0n) is 13.6. The van der Waals surface area contributed by atoms with Crippen molar-refractivity contribution in [1.82, 2.24) is 20.5 Å². The summed E-state index contributed by atoms with van der Waals surface area (Å²) in [4.78, 5) is 16.7. The number of nitrogens with zero attached hydrogens (tertiary/aromatic N) is 3. The van der Waals surface area contributed by atoms with Crippen LogP contribution < -0.4 is 10.6 Å². The van der Waals surface area contributed by atoms with Gasteiger partial charge < -0.3 is 5.32 Å². The highest BCUT2D eigenvalue weighted by Crippen LogP contribution is 2.33. The lowest BCUT2D eigenvalue weighted by molar-refractivity contribution is -0.117. The second kappa shape index (κ2) is 8.89. The molecule has 3 atom stereocenters. The summed E-state index contributed by atoms with van der Waals surface area (Å²) in [6.07, 6.45) is 7.65. The molecule has 1 saturated heterocycles. The number of hydrogen-bond donors (Lipinski definition) is 2. The third-order valence-electron chi connectivity index (χ3n) is 4.72. The number of pyridine rings is 1. The minimum atomic E-state index is -0.106. The molecule has 6 nitrogen and oxygen atoms in total. The van der Waals surface area contributed by atoms with E-state index in [1.165, 1.54) is 37.0 Å². The maximum Gasteiger partial charge on any atom is 0.243 e. The van der Waals surface area contributed by atoms with Gasteiger partial charge in [-0.3, -0.25) is 15.1 Å². The van der Waals surface area contributed by atoms with E-state index in [1.807, 2.05) is 18.2 Å². The molecule has 2 aromatic heterocycles. The van der Waals surface area contributed by atoms with Crippen LogP contribution >= 0.6 is 36.2 Å². The summed E-state index contributed by atoms with van der Waals surface area (Å²) in [6, 6.07) is 6.06. The molecule has 9 heteroatoms. The molecule has 2 aliphatic rings. The zero-order chi connectivity index (χ0) is 15.6. The first-order valence-corrected chi connectivity index (χ1v) is 8.93. The molecule has 25 heavy (non-hydrogen) atoms. The molecule has 2 fully saturated rings. The average molecular weight is 402 g/mol. The van der Waals surface area contributed by atoms with Gasteiger partial charge in [0, 0.05) is 12.2 Å². The number of fused-ring (bicyclic) bond motifs is 1. The predicted molar refractivity (Wildman–Crippen MR) is 104 cm³/mol. The van der Waals surface area contributed by atoms with Crippen molar-refractivity contribution in [2.24, 2.45) is 5.92 Å². The Bertz CT molecular complexity index is 685. The van der Waals surface area contributed by atoms with Gasteiger partial charge in [-0.15, -0.1) is 35.0 Å².